The second-order valence-corrected chi connectivity index (χ2v) is 3.93. The van der Waals surface area contributed by atoms with Gasteiger partial charge in [-0.2, -0.15) is 0 Å². The van der Waals surface area contributed by atoms with Crippen molar-refractivity contribution >= 4 is 0 Å². The van der Waals surface area contributed by atoms with Gasteiger partial charge in [0.2, 0.25) is 0 Å². The van der Waals surface area contributed by atoms with Crippen molar-refractivity contribution in [1.29, 1.82) is 0 Å². The fraction of sp³-hybridized carbons (Fsp3) is 0.833. The molecular formula is C12H22O5. The summed E-state index contributed by atoms with van der Waals surface area (Å²) in [6.45, 7) is 5.94. The van der Waals surface area contributed by atoms with Crippen LogP contribution in [-0.2, 0) is 23.7 Å². The lowest BCUT2D eigenvalue weighted by atomic mass is 9.99. The van der Waals surface area contributed by atoms with Crippen LogP contribution < -0.4 is 0 Å². The van der Waals surface area contributed by atoms with Gasteiger partial charge in [0.15, 0.2) is 6.29 Å². The van der Waals surface area contributed by atoms with E-state index in [1.54, 1.807) is 27.4 Å². The monoisotopic (exact) mass is 246 g/mol. The van der Waals surface area contributed by atoms with Gasteiger partial charge >= 0.3 is 0 Å². The highest BCUT2D eigenvalue weighted by atomic mass is 16.7. The molecule has 0 amide bonds. The molecule has 0 radical (unpaired) electrons. The van der Waals surface area contributed by atoms with Crippen molar-refractivity contribution in [2.45, 2.75) is 37.6 Å². The Hall–Kier alpha value is -0.460. The molecule has 5 heteroatoms. The van der Waals surface area contributed by atoms with E-state index in [4.69, 9.17) is 23.7 Å². The van der Waals surface area contributed by atoms with Crippen molar-refractivity contribution in [3.63, 3.8) is 0 Å². The van der Waals surface area contributed by atoms with Crippen LogP contribution in [0.2, 0.25) is 0 Å². The SMILES string of the molecule is C=CCO[C@@H]1O[C@@H](C)[C@H](OC)[C@@H](OC)[C@H]1OC. The van der Waals surface area contributed by atoms with Gasteiger partial charge in [-0.05, 0) is 6.92 Å². The van der Waals surface area contributed by atoms with E-state index in [-0.39, 0.29) is 24.4 Å². The first-order valence-electron chi connectivity index (χ1n) is 5.65. The second-order valence-electron chi connectivity index (χ2n) is 3.93. The van der Waals surface area contributed by atoms with Crippen molar-refractivity contribution in [2.75, 3.05) is 27.9 Å². The van der Waals surface area contributed by atoms with Gasteiger partial charge in [0.05, 0.1) is 12.7 Å². The largest absolute Gasteiger partial charge is 0.376 e. The van der Waals surface area contributed by atoms with Crippen molar-refractivity contribution in [3.8, 4) is 0 Å². The van der Waals surface area contributed by atoms with E-state index < -0.39 is 6.29 Å². The number of hydrogen-bond donors (Lipinski definition) is 0. The highest BCUT2D eigenvalue weighted by molar-refractivity contribution is 4.90. The standard InChI is InChI=1S/C12H22O5/c1-6-7-16-12-11(15-5)10(14-4)9(13-3)8(2)17-12/h6,8-12H,1,7H2,2-5H3/t8-,9-,10+,11+,12+/m0/s1. The summed E-state index contributed by atoms with van der Waals surface area (Å²) in [6.07, 6.45) is 0.374. The van der Waals surface area contributed by atoms with Crippen LogP contribution in [0.1, 0.15) is 6.92 Å². The minimum absolute atomic E-state index is 0.119. The summed E-state index contributed by atoms with van der Waals surface area (Å²) in [4.78, 5) is 0. The minimum atomic E-state index is -0.468. The van der Waals surface area contributed by atoms with E-state index in [1.807, 2.05) is 6.92 Å². The van der Waals surface area contributed by atoms with Gasteiger partial charge in [-0.25, -0.2) is 0 Å². The van der Waals surface area contributed by atoms with Gasteiger partial charge in [-0.15, -0.1) is 6.58 Å². The van der Waals surface area contributed by atoms with E-state index >= 15 is 0 Å². The van der Waals surface area contributed by atoms with Gasteiger partial charge in [-0.1, -0.05) is 6.08 Å². The van der Waals surface area contributed by atoms with E-state index in [2.05, 4.69) is 6.58 Å². The third kappa shape index (κ3) is 3.26. The molecule has 1 saturated heterocycles. The predicted molar refractivity (Wildman–Crippen MR) is 62.9 cm³/mol. The van der Waals surface area contributed by atoms with E-state index in [1.165, 1.54) is 0 Å². The molecule has 5 nitrogen and oxygen atoms in total. The smallest absolute Gasteiger partial charge is 0.187 e. The number of ether oxygens (including phenoxy) is 5. The van der Waals surface area contributed by atoms with Crippen molar-refractivity contribution in [1.82, 2.24) is 0 Å². The molecule has 1 fully saturated rings. The van der Waals surface area contributed by atoms with Gasteiger partial charge in [-0.3, -0.25) is 0 Å². The maximum Gasteiger partial charge on any atom is 0.187 e. The summed E-state index contributed by atoms with van der Waals surface area (Å²) >= 11 is 0. The Bertz CT molecular complexity index is 233. The molecule has 0 bridgehead atoms. The average Bonchev–Trinajstić information content (AvgIpc) is 2.35. The van der Waals surface area contributed by atoms with Crippen LogP contribution in [-0.4, -0.2) is 58.6 Å². The van der Waals surface area contributed by atoms with Crippen LogP contribution in [0.3, 0.4) is 0 Å². The Morgan fingerprint density at radius 3 is 2.12 bits per heavy atom. The summed E-state index contributed by atoms with van der Waals surface area (Å²) in [6, 6.07) is 0. The Morgan fingerprint density at radius 1 is 1.06 bits per heavy atom. The fourth-order valence-corrected chi connectivity index (χ4v) is 2.11. The molecule has 0 aromatic rings. The summed E-state index contributed by atoms with van der Waals surface area (Å²) in [5.41, 5.74) is 0. The average molecular weight is 246 g/mol. The lowest BCUT2D eigenvalue weighted by Crippen LogP contribution is -2.59. The van der Waals surface area contributed by atoms with Gasteiger partial charge in [0, 0.05) is 21.3 Å². The molecule has 1 aliphatic rings. The molecule has 0 spiro atoms. The first kappa shape index (κ1) is 14.6. The van der Waals surface area contributed by atoms with Crippen LogP contribution in [0.5, 0.6) is 0 Å². The van der Waals surface area contributed by atoms with Gasteiger partial charge in [0.1, 0.15) is 18.3 Å². The third-order valence-electron chi connectivity index (χ3n) is 2.92. The summed E-state index contributed by atoms with van der Waals surface area (Å²) < 4.78 is 27.5. The van der Waals surface area contributed by atoms with Crippen molar-refractivity contribution < 1.29 is 23.7 Å². The molecule has 0 unspecified atom stereocenters. The predicted octanol–water partition coefficient (Wildman–Crippen LogP) is 0.979. The zero-order valence-electron chi connectivity index (χ0n) is 10.9. The van der Waals surface area contributed by atoms with Gasteiger partial charge in [0.25, 0.3) is 0 Å². The Balaban J connectivity index is 2.77. The second kappa shape index (κ2) is 7.08. The lowest BCUT2D eigenvalue weighted by molar-refractivity contribution is -0.302. The summed E-state index contributed by atoms with van der Waals surface area (Å²) in [5.74, 6) is 0. The Kier molecular flexibility index (Phi) is 6.08. The van der Waals surface area contributed by atoms with Crippen LogP contribution in [0, 0.1) is 0 Å². The molecule has 0 aromatic carbocycles. The number of rotatable bonds is 6. The fourth-order valence-electron chi connectivity index (χ4n) is 2.11. The van der Waals surface area contributed by atoms with Crippen LogP contribution in [0.15, 0.2) is 12.7 Å². The Labute approximate surface area is 103 Å². The van der Waals surface area contributed by atoms with E-state index in [0.717, 1.165) is 0 Å². The molecule has 0 N–H and O–H groups in total. The van der Waals surface area contributed by atoms with Crippen molar-refractivity contribution in [2.24, 2.45) is 0 Å². The third-order valence-corrected chi connectivity index (χ3v) is 2.92. The molecule has 1 heterocycles. The minimum Gasteiger partial charge on any atom is -0.376 e. The maximum absolute atomic E-state index is 5.73. The van der Waals surface area contributed by atoms with Crippen LogP contribution >= 0.6 is 0 Å². The molecule has 5 atom stereocenters. The normalized spacial score (nSPS) is 38.0. The summed E-state index contributed by atoms with van der Waals surface area (Å²) in [7, 11) is 4.87. The van der Waals surface area contributed by atoms with Crippen LogP contribution in [0.4, 0.5) is 0 Å². The van der Waals surface area contributed by atoms with Crippen LogP contribution in [0.25, 0.3) is 0 Å². The highest BCUT2D eigenvalue weighted by Gasteiger charge is 2.45. The van der Waals surface area contributed by atoms with E-state index in [9.17, 15) is 0 Å². The molecule has 0 saturated carbocycles. The topological polar surface area (TPSA) is 46.2 Å². The van der Waals surface area contributed by atoms with Gasteiger partial charge < -0.3 is 23.7 Å². The quantitative estimate of drug-likeness (QED) is 0.654. The van der Waals surface area contributed by atoms with E-state index in [0.29, 0.717) is 6.61 Å². The first-order chi connectivity index (χ1) is 8.19. The molecule has 1 rings (SSSR count). The molecule has 0 aliphatic carbocycles. The number of hydrogen-bond acceptors (Lipinski definition) is 5. The zero-order chi connectivity index (χ0) is 12.8. The number of methoxy groups -OCH3 is 3. The maximum atomic E-state index is 5.73. The molecule has 17 heavy (non-hydrogen) atoms. The lowest BCUT2D eigenvalue weighted by Gasteiger charge is -2.43. The molecule has 100 valence electrons. The zero-order valence-corrected chi connectivity index (χ0v) is 10.9. The first-order valence-corrected chi connectivity index (χ1v) is 5.65. The molecular weight excluding hydrogens is 224 g/mol. The molecule has 0 aromatic heterocycles. The summed E-state index contributed by atoms with van der Waals surface area (Å²) in [5, 5.41) is 0. The highest BCUT2D eigenvalue weighted by Crippen LogP contribution is 2.27. The molecule has 1 aliphatic heterocycles. The Morgan fingerprint density at radius 2 is 1.65 bits per heavy atom. The van der Waals surface area contributed by atoms with Crippen molar-refractivity contribution in [3.05, 3.63) is 12.7 Å².